The average molecular weight is 475 g/mol. The molecule has 0 aliphatic heterocycles. The van der Waals surface area contributed by atoms with E-state index in [0.717, 1.165) is 0 Å². The third kappa shape index (κ3) is 2.58. The summed E-state index contributed by atoms with van der Waals surface area (Å²) in [5, 5.41) is 30.5. The van der Waals surface area contributed by atoms with Gasteiger partial charge in [-0.1, -0.05) is 26.3 Å². The van der Waals surface area contributed by atoms with E-state index in [1.807, 2.05) is 0 Å². The van der Waals surface area contributed by atoms with Gasteiger partial charge in [-0.25, -0.2) is 4.39 Å². The third-order valence-corrected chi connectivity index (χ3v) is 11.0. The number of carbonyl (C=O) groups excluding carboxylic acids is 2. The van der Waals surface area contributed by atoms with Crippen molar-refractivity contribution < 1.29 is 42.3 Å². The second kappa shape index (κ2) is 6.91. The van der Waals surface area contributed by atoms with Gasteiger partial charge in [-0.3, -0.25) is 14.1 Å². The summed E-state index contributed by atoms with van der Waals surface area (Å²) in [5.41, 5.74) is -7.29. The monoisotopic (exact) mass is 474 g/mol. The molecule has 0 aromatic heterocycles. The molecule has 10 heteroatoms. The first-order valence-corrected chi connectivity index (χ1v) is 12.5. The molecule has 9 atom stereocenters. The second-order valence-corrected chi connectivity index (χ2v) is 12.3. The molecule has 32 heavy (non-hydrogen) atoms. The van der Waals surface area contributed by atoms with Gasteiger partial charge in [0.1, 0.15) is 23.1 Å². The number of fused-ring (bicyclic) bond motifs is 5. The van der Waals surface area contributed by atoms with Gasteiger partial charge in [-0.15, -0.1) is 0 Å². The van der Waals surface area contributed by atoms with Crippen LogP contribution in [0.5, 0.6) is 0 Å². The number of ketones is 2. The molecular weight excluding hydrogens is 443 g/mol. The van der Waals surface area contributed by atoms with Crippen LogP contribution in [0.3, 0.4) is 0 Å². The van der Waals surface area contributed by atoms with Gasteiger partial charge in [0.25, 0.3) is 10.1 Å². The fraction of sp³-hybridized carbons (Fsp3) is 0.818. The number of alkyl halides is 1. The van der Waals surface area contributed by atoms with E-state index in [1.165, 1.54) is 13.0 Å². The Balaban J connectivity index is 1.91. The first-order chi connectivity index (χ1) is 14.6. The number of aliphatic hydroxyl groups excluding tert-OH is 2. The van der Waals surface area contributed by atoms with E-state index in [1.54, 1.807) is 13.8 Å². The van der Waals surface area contributed by atoms with Gasteiger partial charge in [0, 0.05) is 23.2 Å². The van der Waals surface area contributed by atoms with Crippen LogP contribution >= 0.6 is 0 Å². The fourth-order valence-corrected chi connectivity index (χ4v) is 9.36. The lowest BCUT2D eigenvalue weighted by molar-refractivity contribution is -0.227. The maximum absolute atomic E-state index is 17.3. The zero-order chi connectivity index (χ0) is 24.1. The summed E-state index contributed by atoms with van der Waals surface area (Å²) in [7, 11) is -4.84. The van der Waals surface area contributed by atoms with E-state index >= 15 is 4.39 Å². The lowest BCUT2D eigenvalue weighted by Crippen LogP contribution is -2.72. The molecule has 180 valence electrons. The van der Waals surface area contributed by atoms with Crippen LogP contribution in [0.4, 0.5) is 4.39 Å². The number of Topliss-reactive ketones (excluding diaryl/α,β-unsaturated/α-hetero) is 1. The number of rotatable bonds is 3. The normalized spacial score (nSPS) is 50.8. The van der Waals surface area contributed by atoms with Crippen molar-refractivity contribution in [1.29, 1.82) is 0 Å². The van der Waals surface area contributed by atoms with Crippen molar-refractivity contribution in [3.05, 3.63) is 11.6 Å². The van der Waals surface area contributed by atoms with Gasteiger partial charge in [0.2, 0.25) is 0 Å². The van der Waals surface area contributed by atoms with E-state index in [4.69, 9.17) is 0 Å². The molecule has 4 aliphatic carbocycles. The third-order valence-electron chi connectivity index (χ3n) is 9.62. The molecular formula is C22H31FO8S. The Morgan fingerprint density at radius 2 is 1.91 bits per heavy atom. The molecule has 0 heterocycles. The molecule has 4 N–H and O–H groups in total. The Morgan fingerprint density at radius 1 is 1.28 bits per heavy atom. The summed E-state index contributed by atoms with van der Waals surface area (Å²) in [6.45, 7) is 3.74. The Labute approximate surface area is 186 Å². The minimum Gasteiger partial charge on any atom is -0.390 e. The van der Waals surface area contributed by atoms with Crippen LogP contribution in [0.1, 0.15) is 52.9 Å². The average Bonchev–Trinajstić information content (AvgIpc) is 2.89. The van der Waals surface area contributed by atoms with Gasteiger partial charge in [0.15, 0.2) is 11.6 Å². The van der Waals surface area contributed by atoms with Crippen molar-refractivity contribution in [3.8, 4) is 0 Å². The van der Waals surface area contributed by atoms with Crippen LogP contribution in [0.15, 0.2) is 11.6 Å². The van der Waals surface area contributed by atoms with Crippen LogP contribution in [0.2, 0.25) is 0 Å². The fourth-order valence-electron chi connectivity index (χ4n) is 8.05. The largest absolute Gasteiger partial charge is 0.390 e. The Hall–Kier alpha value is -1.20. The van der Waals surface area contributed by atoms with Crippen LogP contribution < -0.4 is 0 Å². The molecule has 4 rings (SSSR count). The number of carbonyl (C=O) groups is 2. The second-order valence-electron chi connectivity index (χ2n) is 10.7. The molecule has 0 bridgehead atoms. The maximum Gasteiger partial charge on any atom is 0.269 e. The summed E-state index contributed by atoms with van der Waals surface area (Å²) >= 11 is 0. The molecule has 3 saturated carbocycles. The standard InChI is InChI=1S/C22H31FO8S/c1-11-6-15-14-5-4-12-7-13(25)8-18(32(29,30)31)20(12,3)21(14,23)16(26)9-19(15,2)22(11,28)17(27)10-24/h7,11,14-16,18,24,26,28H,4-6,8-10H2,1-3H3,(H,29,30,31)/t11-,14-,15-,16-,18+,19-,20+,21-,22-/m0/s1. The van der Waals surface area contributed by atoms with Crippen LogP contribution in [-0.4, -0.2) is 69.1 Å². The summed E-state index contributed by atoms with van der Waals surface area (Å²) < 4.78 is 51.9. The van der Waals surface area contributed by atoms with Gasteiger partial charge in [-0.05, 0) is 43.6 Å². The Kier molecular flexibility index (Phi) is 5.17. The van der Waals surface area contributed by atoms with E-state index in [0.29, 0.717) is 0 Å². The van der Waals surface area contributed by atoms with Gasteiger partial charge < -0.3 is 15.3 Å². The van der Waals surface area contributed by atoms with Gasteiger partial charge >= 0.3 is 0 Å². The summed E-state index contributed by atoms with van der Waals surface area (Å²) in [6, 6.07) is 0. The number of hydrogen-bond donors (Lipinski definition) is 4. The molecule has 0 spiro atoms. The van der Waals surface area contributed by atoms with E-state index < -0.39 is 85.9 Å². The first-order valence-electron chi connectivity index (χ1n) is 11.0. The van der Waals surface area contributed by atoms with E-state index in [-0.39, 0.29) is 31.3 Å². The number of allylic oxidation sites excluding steroid dienone is 1. The van der Waals surface area contributed by atoms with Crippen molar-refractivity contribution in [1.82, 2.24) is 0 Å². The predicted octanol–water partition coefficient (Wildman–Crippen LogP) is 0.986. The zero-order valence-corrected chi connectivity index (χ0v) is 19.2. The Morgan fingerprint density at radius 3 is 2.47 bits per heavy atom. The summed E-state index contributed by atoms with van der Waals surface area (Å²) in [4.78, 5) is 24.8. The van der Waals surface area contributed by atoms with Crippen molar-refractivity contribution >= 4 is 21.7 Å². The minimum atomic E-state index is -4.84. The van der Waals surface area contributed by atoms with Crippen LogP contribution in [0, 0.1) is 28.6 Å². The minimum absolute atomic E-state index is 0.191. The van der Waals surface area contributed by atoms with Crippen molar-refractivity contribution in [2.24, 2.45) is 28.6 Å². The highest BCUT2D eigenvalue weighted by Gasteiger charge is 2.77. The summed E-state index contributed by atoms with van der Waals surface area (Å²) in [5.74, 6) is -3.41. The number of halogens is 1. The predicted molar refractivity (Wildman–Crippen MR) is 111 cm³/mol. The smallest absolute Gasteiger partial charge is 0.269 e. The molecule has 0 saturated heterocycles. The van der Waals surface area contributed by atoms with Crippen LogP contribution in [0.25, 0.3) is 0 Å². The van der Waals surface area contributed by atoms with E-state index in [9.17, 15) is 37.9 Å². The molecule has 0 radical (unpaired) electrons. The van der Waals surface area contributed by atoms with Gasteiger partial charge in [0.05, 0.1) is 6.10 Å². The molecule has 3 fully saturated rings. The van der Waals surface area contributed by atoms with E-state index in [2.05, 4.69) is 0 Å². The summed E-state index contributed by atoms with van der Waals surface area (Å²) in [6.07, 6.45) is -0.791. The lowest BCUT2D eigenvalue weighted by atomic mass is 9.43. The molecule has 8 nitrogen and oxygen atoms in total. The first kappa shape index (κ1) is 23.9. The molecule has 0 aromatic rings. The Bertz CT molecular complexity index is 1010. The van der Waals surface area contributed by atoms with Crippen molar-refractivity contribution in [2.75, 3.05) is 6.61 Å². The lowest BCUT2D eigenvalue weighted by Gasteiger charge is -2.64. The van der Waals surface area contributed by atoms with Crippen LogP contribution in [-0.2, 0) is 19.7 Å². The highest BCUT2D eigenvalue weighted by Crippen LogP contribution is 2.71. The maximum atomic E-state index is 17.3. The number of hydrogen-bond acceptors (Lipinski definition) is 7. The highest BCUT2D eigenvalue weighted by molar-refractivity contribution is 7.86. The zero-order valence-electron chi connectivity index (χ0n) is 18.4. The number of aliphatic hydroxyl groups is 3. The molecule has 4 aliphatic rings. The molecule has 0 aromatic carbocycles. The molecule has 0 unspecified atom stereocenters. The molecule has 0 amide bonds. The highest BCUT2D eigenvalue weighted by atomic mass is 32.2. The van der Waals surface area contributed by atoms with Gasteiger partial charge in [-0.2, -0.15) is 8.42 Å². The topological polar surface area (TPSA) is 149 Å². The quantitative estimate of drug-likeness (QED) is 0.442. The van der Waals surface area contributed by atoms with Crippen molar-refractivity contribution in [3.63, 3.8) is 0 Å². The van der Waals surface area contributed by atoms with Crippen molar-refractivity contribution in [2.45, 2.75) is 75.5 Å². The SMILES string of the molecule is C[C@H]1C[C@H]2[C@@H]3CCC4=CC(=O)C[C@@H](S(=O)(=O)O)[C@]4(C)[C@@]3(F)[C@@H](O)C[C@]2(C)[C@@]1(O)C(=O)CO.